The standard InChI is InChI=1S/C24H25N3O7S/c1-4-26(18-8-6-5-7-9-18)35(31,32)21-13-11-20(12-14-21)34-17(2)24(28)25-22-16-19(27(29)30)10-15-23(22)33-3/h5-17H,4H2,1-3H3,(H,25,28). The molecule has 1 unspecified atom stereocenters. The number of anilines is 2. The van der Waals surface area contributed by atoms with E-state index in [2.05, 4.69) is 5.32 Å². The Hall–Kier alpha value is -4.12. The number of para-hydroxylation sites is 1. The van der Waals surface area contributed by atoms with Crippen LogP contribution in [0.25, 0.3) is 0 Å². The number of nitrogens with one attached hydrogen (secondary N) is 1. The van der Waals surface area contributed by atoms with Crippen LogP contribution in [0.5, 0.6) is 11.5 Å². The van der Waals surface area contributed by atoms with Gasteiger partial charge in [-0.25, -0.2) is 8.42 Å². The molecule has 0 saturated carbocycles. The summed E-state index contributed by atoms with van der Waals surface area (Å²) in [5, 5.41) is 13.6. The SMILES string of the molecule is CCN(c1ccccc1)S(=O)(=O)c1ccc(OC(C)C(=O)Nc2cc([N+](=O)[O-])ccc2OC)cc1. The number of nitro groups is 1. The second-order valence-electron chi connectivity index (χ2n) is 7.37. The highest BCUT2D eigenvalue weighted by Crippen LogP contribution is 2.29. The summed E-state index contributed by atoms with van der Waals surface area (Å²) in [5.74, 6) is -0.0355. The Morgan fingerprint density at radius 1 is 1.09 bits per heavy atom. The molecule has 184 valence electrons. The summed E-state index contributed by atoms with van der Waals surface area (Å²) < 4.78 is 38.3. The molecule has 1 atom stereocenters. The number of non-ortho nitro benzene ring substituents is 1. The molecule has 0 aliphatic heterocycles. The first-order valence-corrected chi connectivity index (χ1v) is 12.1. The number of amides is 1. The maximum atomic E-state index is 13.1. The normalized spacial score (nSPS) is 11.9. The second kappa shape index (κ2) is 10.9. The van der Waals surface area contributed by atoms with Gasteiger partial charge in [0.15, 0.2) is 6.10 Å². The van der Waals surface area contributed by atoms with Gasteiger partial charge in [0.05, 0.1) is 28.3 Å². The molecule has 11 heteroatoms. The summed E-state index contributed by atoms with van der Waals surface area (Å²) in [4.78, 5) is 23.1. The van der Waals surface area contributed by atoms with Crippen LogP contribution >= 0.6 is 0 Å². The fraction of sp³-hybridized carbons (Fsp3) is 0.208. The van der Waals surface area contributed by atoms with E-state index in [1.807, 2.05) is 6.07 Å². The van der Waals surface area contributed by atoms with Gasteiger partial charge in [0.1, 0.15) is 11.5 Å². The van der Waals surface area contributed by atoms with Gasteiger partial charge in [-0.3, -0.25) is 19.2 Å². The van der Waals surface area contributed by atoms with E-state index in [-0.39, 0.29) is 34.3 Å². The van der Waals surface area contributed by atoms with Crippen LogP contribution in [0.15, 0.2) is 77.7 Å². The average Bonchev–Trinajstić information content (AvgIpc) is 2.85. The van der Waals surface area contributed by atoms with E-state index in [4.69, 9.17) is 9.47 Å². The second-order valence-corrected chi connectivity index (χ2v) is 9.23. The summed E-state index contributed by atoms with van der Waals surface area (Å²) in [6.07, 6.45) is -0.988. The lowest BCUT2D eigenvalue weighted by molar-refractivity contribution is -0.384. The van der Waals surface area contributed by atoms with Crippen molar-refractivity contribution in [3.63, 3.8) is 0 Å². The Kier molecular flexibility index (Phi) is 7.92. The van der Waals surface area contributed by atoms with Gasteiger partial charge in [0.2, 0.25) is 0 Å². The molecule has 0 aliphatic carbocycles. The van der Waals surface area contributed by atoms with E-state index in [9.17, 15) is 23.3 Å². The number of hydrogen-bond acceptors (Lipinski definition) is 7. The van der Waals surface area contributed by atoms with Crippen LogP contribution in [0, 0.1) is 10.1 Å². The van der Waals surface area contributed by atoms with E-state index < -0.39 is 27.0 Å². The van der Waals surface area contributed by atoms with Crippen molar-refractivity contribution in [2.75, 3.05) is 23.3 Å². The van der Waals surface area contributed by atoms with Crippen molar-refractivity contribution in [3.05, 3.63) is 82.9 Å². The lowest BCUT2D eigenvalue weighted by atomic mass is 10.2. The lowest BCUT2D eigenvalue weighted by Gasteiger charge is -2.23. The number of nitrogens with zero attached hydrogens (tertiary/aromatic N) is 2. The average molecular weight is 500 g/mol. The van der Waals surface area contributed by atoms with Crippen molar-refractivity contribution in [2.45, 2.75) is 24.8 Å². The molecule has 3 aromatic rings. The molecule has 10 nitrogen and oxygen atoms in total. The van der Waals surface area contributed by atoms with E-state index >= 15 is 0 Å². The van der Waals surface area contributed by atoms with E-state index in [1.165, 1.54) is 60.8 Å². The third-order valence-electron chi connectivity index (χ3n) is 5.08. The number of methoxy groups -OCH3 is 1. The van der Waals surface area contributed by atoms with Gasteiger partial charge in [-0.05, 0) is 56.3 Å². The Balaban J connectivity index is 1.72. The van der Waals surface area contributed by atoms with Gasteiger partial charge < -0.3 is 14.8 Å². The maximum absolute atomic E-state index is 13.1. The number of hydrogen-bond donors (Lipinski definition) is 1. The fourth-order valence-corrected chi connectivity index (χ4v) is 4.78. The van der Waals surface area contributed by atoms with Crippen molar-refractivity contribution < 1.29 is 27.6 Å². The number of carbonyl (C=O) groups is 1. The summed E-state index contributed by atoms with van der Waals surface area (Å²) in [5.41, 5.74) is 0.476. The smallest absolute Gasteiger partial charge is 0.271 e. The minimum absolute atomic E-state index is 0.0778. The molecule has 3 rings (SSSR count). The van der Waals surface area contributed by atoms with Crippen LogP contribution < -0.4 is 19.1 Å². The quantitative estimate of drug-likeness (QED) is 0.327. The van der Waals surface area contributed by atoms with Crippen molar-refractivity contribution in [2.24, 2.45) is 0 Å². The first-order chi connectivity index (χ1) is 16.7. The van der Waals surface area contributed by atoms with Gasteiger partial charge in [0, 0.05) is 18.7 Å². The summed E-state index contributed by atoms with van der Waals surface area (Å²) in [6, 6.07) is 18.3. The molecule has 0 aliphatic rings. The first-order valence-electron chi connectivity index (χ1n) is 10.6. The van der Waals surface area contributed by atoms with Crippen molar-refractivity contribution in [1.29, 1.82) is 0 Å². The van der Waals surface area contributed by atoms with Crippen LogP contribution in [0.3, 0.4) is 0 Å². The zero-order chi connectivity index (χ0) is 25.6. The lowest BCUT2D eigenvalue weighted by Crippen LogP contribution is -2.31. The highest BCUT2D eigenvalue weighted by molar-refractivity contribution is 7.92. The number of rotatable bonds is 10. The topological polar surface area (TPSA) is 128 Å². The molecule has 1 amide bonds. The predicted octanol–water partition coefficient (Wildman–Crippen LogP) is 4.22. The van der Waals surface area contributed by atoms with Crippen molar-refractivity contribution in [3.8, 4) is 11.5 Å². The number of sulfonamides is 1. The summed E-state index contributed by atoms with van der Waals surface area (Å²) >= 11 is 0. The molecule has 0 saturated heterocycles. The molecular weight excluding hydrogens is 474 g/mol. The highest BCUT2D eigenvalue weighted by Gasteiger charge is 2.24. The van der Waals surface area contributed by atoms with Crippen molar-refractivity contribution >= 4 is 33.0 Å². The Morgan fingerprint density at radius 2 is 1.74 bits per heavy atom. The monoisotopic (exact) mass is 499 g/mol. The van der Waals surface area contributed by atoms with Crippen molar-refractivity contribution in [1.82, 2.24) is 0 Å². The molecule has 3 aromatic carbocycles. The largest absolute Gasteiger partial charge is 0.495 e. The maximum Gasteiger partial charge on any atom is 0.271 e. The number of ether oxygens (including phenoxy) is 2. The van der Waals surface area contributed by atoms with E-state index in [0.29, 0.717) is 5.69 Å². The Labute approximate surface area is 203 Å². The third kappa shape index (κ3) is 5.87. The van der Waals surface area contributed by atoms with Crippen LogP contribution in [0.4, 0.5) is 17.1 Å². The molecule has 0 radical (unpaired) electrons. The number of nitro benzene ring substituents is 1. The summed E-state index contributed by atoms with van der Waals surface area (Å²) in [6.45, 7) is 3.50. The third-order valence-corrected chi connectivity index (χ3v) is 6.99. The van der Waals surface area contributed by atoms with E-state index in [1.54, 1.807) is 31.2 Å². The van der Waals surface area contributed by atoms with Crippen LogP contribution in [-0.4, -0.2) is 39.0 Å². The zero-order valence-electron chi connectivity index (χ0n) is 19.4. The molecule has 0 heterocycles. The minimum atomic E-state index is -3.80. The molecule has 0 aromatic heterocycles. The first kappa shape index (κ1) is 25.5. The van der Waals surface area contributed by atoms with Crippen LogP contribution in [0.2, 0.25) is 0 Å². The van der Waals surface area contributed by atoms with Gasteiger partial charge in [-0.2, -0.15) is 0 Å². The molecule has 0 bridgehead atoms. The van der Waals surface area contributed by atoms with Gasteiger partial charge in [0.25, 0.3) is 21.6 Å². The summed E-state index contributed by atoms with van der Waals surface area (Å²) in [7, 11) is -2.42. The van der Waals surface area contributed by atoms with Gasteiger partial charge in [-0.1, -0.05) is 18.2 Å². The predicted molar refractivity (Wildman–Crippen MR) is 131 cm³/mol. The molecule has 0 fully saturated rings. The minimum Gasteiger partial charge on any atom is -0.495 e. The molecular formula is C24H25N3O7S. The molecule has 35 heavy (non-hydrogen) atoms. The number of carbonyl (C=O) groups excluding carboxylic acids is 1. The van der Waals surface area contributed by atoms with Gasteiger partial charge in [-0.15, -0.1) is 0 Å². The number of benzene rings is 3. The van der Waals surface area contributed by atoms with Crippen LogP contribution in [-0.2, 0) is 14.8 Å². The fourth-order valence-electron chi connectivity index (χ4n) is 3.30. The molecule has 0 spiro atoms. The van der Waals surface area contributed by atoms with Crippen LogP contribution in [0.1, 0.15) is 13.8 Å². The zero-order valence-corrected chi connectivity index (χ0v) is 20.2. The van der Waals surface area contributed by atoms with Gasteiger partial charge >= 0.3 is 0 Å². The Morgan fingerprint density at radius 3 is 2.31 bits per heavy atom. The highest BCUT2D eigenvalue weighted by atomic mass is 32.2. The van der Waals surface area contributed by atoms with E-state index in [0.717, 1.165) is 0 Å². The molecule has 1 N–H and O–H groups in total. The Bertz CT molecular complexity index is 1300.